The lowest BCUT2D eigenvalue weighted by molar-refractivity contribution is 0.0563. The van der Waals surface area contributed by atoms with Gasteiger partial charge in [-0.15, -0.1) is 0 Å². The van der Waals surface area contributed by atoms with Crippen molar-refractivity contribution in [3.63, 3.8) is 0 Å². The maximum atomic E-state index is 12.1. The molecule has 2 aliphatic rings. The van der Waals surface area contributed by atoms with Crippen LogP contribution in [0.5, 0.6) is 0 Å². The Morgan fingerprint density at radius 2 is 1.25 bits per heavy atom. The third-order valence-electron chi connectivity index (χ3n) is 3.61. The number of hydrogen-bond acceptors (Lipinski definition) is 7. The van der Waals surface area contributed by atoms with Crippen molar-refractivity contribution in [1.82, 2.24) is 24.8 Å². The van der Waals surface area contributed by atoms with Crippen LogP contribution < -0.4 is 10.6 Å². The third kappa shape index (κ3) is 4.26. The predicted octanol–water partition coefficient (Wildman–Crippen LogP) is -0.400. The van der Waals surface area contributed by atoms with Crippen LogP contribution in [0.4, 0.5) is 21.5 Å². The first-order valence-electron chi connectivity index (χ1n) is 7.69. The van der Waals surface area contributed by atoms with E-state index in [1.807, 2.05) is 0 Å². The van der Waals surface area contributed by atoms with Gasteiger partial charge in [0.25, 0.3) is 0 Å². The number of aromatic nitrogens is 3. The summed E-state index contributed by atoms with van der Waals surface area (Å²) in [6.07, 6.45) is 1.23. The molecule has 0 atom stereocenters. The summed E-state index contributed by atoms with van der Waals surface area (Å²) < 4.78 is 10.4. The molecule has 24 heavy (non-hydrogen) atoms. The Morgan fingerprint density at radius 3 is 1.67 bits per heavy atom. The number of anilines is 2. The van der Waals surface area contributed by atoms with E-state index < -0.39 is 0 Å². The fourth-order valence-electron chi connectivity index (χ4n) is 2.30. The molecule has 0 aliphatic carbocycles. The first-order chi connectivity index (χ1) is 11.7. The SMILES string of the molecule is O=C(Nc1ncnc(NC(=O)N2CCOCC2)n1)N1CCOCC1. The second-order valence-corrected chi connectivity index (χ2v) is 5.19. The van der Waals surface area contributed by atoms with Gasteiger partial charge in [-0.1, -0.05) is 0 Å². The molecule has 130 valence electrons. The van der Waals surface area contributed by atoms with Crippen LogP contribution in [-0.2, 0) is 9.47 Å². The molecule has 4 amide bonds. The van der Waals surface area contributed by atoms with Gasteiger partial charge in [-0.2, -0.15) is 4.98 Å². The van der Waals surface area contributed by atoms with Crippen molar-refractivity contribution in [2.24, 2.45) is 0 Å². The van der Waals surface area contributed by atoms with Crippen LogP contribution >= 0.6 is 0 Å². The largest absolute Gasteiger partial charge is 0.378 e. The molecule has 2 fully saturated rings. The molecular formula is C13H19N7O4. The highest BCUT2D eigenvalue weighted by Gasteiger charge is 2.20. The Morgan fingerprint density at radius 1 is 0.833 bits per heavy atom. The molecule has 2 N–H and O–H groups in total. The number of nitrogens with one attached hydrogen (secondary N) is 2. The number of carbonyl (C=O) groups is 2. The van der Waals surface area contributed by atoms with Crippen LogP contribution in [0.15, 0.2) is 6.33 Å². The van der Waals surface area contributed by atoms with Gasteiger partial charge in [-0.05, 0) is 0 Å². The van der Waals surface area contributed by atoms with E-state index in [2.05, 4.69) is 25.6 Å². The smallest absolute Gasteiger partial charge is 0.324 e. The summed E-state index contributed by atoms with van der Waals surface area (Å²) in [7, 11) is 0. The fraction of sp³-hybridized carbons (Fsp3) is 0.615. The predicted molar refractivity (Wildman–Crippen MR) is 82.6 cm³/mol. The zero-order valence-corrected chi connectivity index (χ0v) is 13.1. The lowest BCUT2D eigenvalue weighted by Gasteiger charge is -2.27. The van der Waals surface area contributed by atoms with E-state index in [1.165, 1.54) is 6.33 Å². The van der Waals surface area contributed by atoms with Crippen LogP contribution in [0.1, 0.15) is 0 Å². The van der Waals surface area contributed by atoms with Gasteiger partial charge < -0.3 is 19.3 Å². The molecule has 0 bridgehead atoms. The van der Waals surface area contributed by atoms with E-state index >= 15 is 0 Å². The number of rotatable bonds is 2. The molecule has 2 aliphatic heterocycles. The minimum Gasteiger partial charge on any atom is -0.378 e. The quantitative estimate of drug-likeness (QED) is 0.753. The van der Waals surface area contributed by atoms with Crippen LogP contribution in [0.2, 0.25) is 0 Å². The molecule has 0 radical (unpaired) electrons. The van der Waals surface area contributed by atoms with Crippen molar-refractivity contribution in [2.75, 3.05) is 63.2 Å². The molecule has 0 spiro atoms. The summed E-state index contributed by atoms with van der Waals surface area (Å²) in [6.45, 7) is 4.07. The molecule has 2 saturated heterocycles. The minimum absolute atomic E-state index is 0.0822. The van der Waals surface area contributed by atoms with Gasteiger partial charge in [0.1, 0.15) is 6.33 Å². The van der Waals surface area contributed by atoms with Crippen LogP contribution in [-0.4, -0.2) is 89.4 Å². The molecule has 0 aromatic carbocycles. The average Bonchev–Trinajstić information content (AvgIpc) is 2.63. The summed E-state index contributed by atoms with van der Waals surface area (Å²) in [6, 6.07) is -0.620. The number of urea groups is 2. The Bertz CT molecular complexity index is 540. The number of nitrogens with zero attached hydrogens (tertiary/aromatic N) is 5. The first-order valence-corrected chi connectivity index (χ1v) is 7.69. The molecule has 11 nitrogen and oxygen atoms in total. The second-order valence-electron chi connectivity index (χ2n) is 5.19. The van der Waals surface area contributed by atoms with E-state index in [1.54, 1.807) is 9.80 Å². The molecule has 0 saturated carbocycles. The highest BCUT2D eigenvalue weighted by Crippen LogP contribution is 2.07. The van der Waals surface area contributed by atoms with E-state index in [0.717, 1.165) is 0 Å². The second kappa shape index (κ2) is 7.84. The Hall–Kier alpha value is -2.53. The van der Waals surface area contributed by atoms with E-state index in [4.69, 9.17) is 9.47 Å². The normalized spacial score (nSPS) is 18.2. The number of ether oxygens (including phenoxy) is 2. The molecule has 3 heterocycles. The van der Waals surface area contributed by atoms with E-state index in [-0.39, 0.29) is 24.0 Å². The zero-order valence-electron chi connectivity index (χ0n) is 13.1. The molecule has 0 unspecified atom stereocenters. The van der Waals surface area contributed by atoms with Gasteiger partial charge in [0, 0.05) is 26.2 Å². The summed E-state index contributed by atoms with van der Waals surface area (Å²) in [5.74, 6) is 0.164. The Kier molecular flexibility index (Phi) is 5.33. The van der Waals surface area contributed by atoms with Crippen LogP contribution in [0, 0.1) is 0 Å². The number of carbonyl (C=O) groups excluding carboxylic acids is 2. The lowest BCUT2D eigenvalue weighted by Crippen LogP contribution is -2.43. The van der Waals surface area contributed by atoms with Gasteiger partial charge in [0.05, 0.1) is 26.4 Å². The maximum absolute atomic E-state index is 12.1. The molecule has 11 heteroatoms. The van der Waals surface area contributed by atoms with Crippen molar-refractivity contribution < 1.29 is 19.1 Å². The number of amides is 4. The summed E-state index contributed by atoms with van der Waals surface area (Å²) in [5.41, 5.74) is 0. The molecule has 1 aromatic heterocycles. The van der Waals surface area contributed by atoms with Crippen molar-refractivity contribution >= 4 is 24.0 Å². The molecule has 3 rings (SSSR count). The van der Waals surface area contributed by atoms with Crippen LogP contribution in [0.3, 0.4) is 0 Å². The standard InChI is InChI=1S/C13H19N7O4/c21-12(19-1-5-23-6-2-19)17-10-14-9-15-11(16-10)18-13(22)20-3-7-24-8-4-20/h9H,1-8H2,(H2,14,15,16,17,18,21,22). The third-order valence-corrected chi connectivity index (χ3v) is 3.61. The minimum atomic E-state index is -0.310. The van der Waals surface area contributed by atoms with E-state index in [9.17, 15) is 9.59 Å². The Balaban J connectivity index is 1.57. The van der Waals surface area contributed by atoms with Gasteiger partial charge in [-0.25, -0.2) is 19.6 Å². The van der Waals surface area contributed by atoms with Gasteiger partial charge in [0.15, 0.2) is 0 Å². The maximum Gasteiger partial charge on any atom is 0.324 e. The number of morpholine rings is 2. The average molecular weight is 337 g/mol. The van der Waals surface area contributed by atoms with Crippen molar-refractivity contribution in [2.45, 2.75) is 0 Å². The zero-order chi connectivity index (χ0) is 16.8. The van der Waals surface area contributed by atoms with Crippen molar-refractivity contribution in [3.8, 4) is 0 Å². The number of hydrogen-bond donors (Lipinski definition) is 2. The molecular weight excluding hydrogens is 318 g/mol. The van der Waals surface area contributed by atoms with Gasteiger partial charge in [-0.3, -0.25) is 10.6 Å². The van der Waals surface area contributed by atoms with Gasteiger partial charge in [0.2, 0.25) is 11.9 Å². The highest BCUT2D eigenvalue weighted by molar-refractivity contribution is 5.89. The molecule has 1 aromatic rings. The highest BCUT2D eigenvalue weighted by atomic mass is 16.5. The Labute approximate surface area is 138 Å². The summed E-state index contributed by atoms with van der Waals surface area (Å²) in [4.78, 5) is 39.3. The fourth-order valence-corrected chi connectivity index (χ4v) is 2.30. The van der Waals surface area contributed by atoms with E-state index in [0.29, 0.717) is 52.6 Å². The summed E-state index contributed by atoms with van der Waals surface area (Å²) >= 11 is 0. The summed E-state index contributed by atoms with van der Waals surface area (Å²) in [5, 5.41) is 5.18. The topological polar surface area (TPSA) is 122 Å². The monoisotopic (exact) mass is 337 g/mol. The van der Waals surface area contributed by atoms with Crippen molar-refractivity contribution in [3.05, 3.63) is 6.33 Å². The van der Waals surface area contributed by atoms with Gasteiger partial charge >= 0.3 is 12.1 Å². The van der Waals surface area contributed by atoms with Crippen LogP contribution in [0.25, 0.3) is 0 Å². The first kappa shape index (κ1) is 16.3. The van der Waals surface area contributed by atoms with Crippen molar-refractivity contribution in [1.29, 1.82) is 0 Å². The lowest BCUT2D eigenvalue weighted by atomic mass is 10.4.